The van der Waals surface area contributed by atoms with Gasteiger partial charge in [0.1, 0.15) is 19.8 Å². The SMILES string of the molecule is CCCCC/C=C\C/C=C\CCCCCCCC(=O)OC(COC(=O)CCCCCCCCCCCCCCCCCCC/C=C\CCCCCCCCCC)COP(=O)([O-])OCC[N+](C)(C)C. The number of rotatable bonds is 53. The minimum atomic E-state index is -4.63. The Morgan fingerprint density at radius 3 is 1.21 bits per heavy atom. The van der Waals surface area contributed by atoms with Crippen LogP contribution in [0, 0.1) is 0 Å². The number of unbranched alkanes of at least 4 members (excludes halogenated alkanes) is 33. The maximum absolute atomic E-state index is 12.7. The molecule has 0 aromatic heterocycles. The van der Waals surface area contributed by atoms with Crippen LogP contribution in [0.15, 0.2) is 36.5 Å². The molecule has 68 heavy (non-hydrogen) atoms. The lowest BCUT2D eigenvalue weighted by Gasteiger charge is -2.28. The second-order valence-electron chi connectivity index (χ2n) is 20.6. The predicted octanol–water partition coefficient (Wildman–Crippen LogP) is 17.0. The molecule has 0 aliphatic carbocycles. The fourth-order valence-corrected chi connectivity index (χ4v) is 8.88. The molecule has 0 bridgehead atoms. The zero-order valence-corrected chi connectivity index (χ0v) is 46.2. The molecule has 0 fully saturated rings. The van der Waals surface area contributed by atoms with Crippen molar-refractivity contribution in [1.29, 1.82) is 0 Å². The van der Waals surface area contributed by atoms with Crippen molar-refractivity contribution >= 4 is 19.8 Å². The molecule has 0 radical (unpaired) electrons. The van der Waals surface area contributed by atoms with Crippen molar-refractivity contribution in [3.05, 3.63) is 36.5 Å². The monoisotopic (exact) mass is 980 g/mol. The highest BCUT2D eigenvalue weighted by Crippen LogP contribution is 2.38. The molecule has 9 nitrogen and oxygen atoms in total. The maximum Gasteiger partial charge on any atom is 0.306 e. The van der Waals surface area contributed by atoms with Crippen LogP contribution in [0.25, 0.3) is 0 Å². The van der Waals surface area contributed by atoms with E-state index in [-0.39, 0.29) is 32.0 Å². The Labute approximate surface area is 421 Å². The van der Waals surface area contributed by atoms with Gasteiger partial charge < -0.3 is 27.9 Å². The van der Waals surface area contributed by atoms with Gasteiger partial charge in [0.05, 0.1) is 27.7 Å². The Balaban J connectivity index is 4.06. The van der Waals surface area contributed by atoms with E-state index in [9.17, 15) is 19.0 Å². The van der Waals surface area contributed by atoms with E-state index in [0.717, 1.165) is 57.8 Å². The van der Waals surface area contributed by atoms with Crippen LogP contribution in [0.2, 0.25) is 0 Å². The predicted molar refractivity (Wildman–Crippen MR) is 287 cm³/mol. The van der Waals surface area contributed by atoms with E-state index < -0.39 is 26.5 Å². The summed E-state index contributed by atoms with van der Waals surface area (Å²) >= 11 is 0. The molecule has 0 spiro atoms. The molecule has 0 aromatic carbocycles. The molecule has 0 rings (SSSR count). The zero-order chi connectivity index (χ0) is 49.9. The average Bonchev–Trinajstić information content (AvgIpc) is 3.30. The molecule has 0 heterocycles. The molecule has 0 saturated carbocycles. The lowest BCUT2D eigenvalue weighted by atomic mass is 10.0. The first-order valence-electron chi connectivity index (χ1n) is 28.7. The fraction of sp³-hybridized carbons (Fsp3) is 0.862. The number of phosphoric acid groups is 1. The van der Waals surface area contributed by atoms with Gasteiger partial charge in [0.15, 0.2) is 6.10 Å². The molecule has 2 unspecified atom stereocenters. The summed E-state index contributed by atoms with van der Waals surface area (Å²) in [6.45, 7) is 4.22. The van der Waals surface area contributed by atoms with Gasteiger partial charge in [-0.3, -0.25) is 14.2 Å². The van der Waals surface area contributed by atoms with Crippen LogP contribution >= 0.6 is 7.82 Å². The van der Waals surface area contributed by atoms with Crippen LogP contribution < -0.4 is 4.89 Å². The number of likely N-dealkylation sites (N-methyl/N-ethyl adjacent to an activating group) is 1. The molecule has 0 amide bonds. The van der Waals surface area contributed by atoms with E-state index in [2.05, 4.69) is 50.3 Å². The number of hydrogen-bond acceptors (Lipinski definition) is 8. The first kappa shape index (κ1) is 66.2. The molecule has 0 N–H and O–H groups in total. The second kappa shape index (κ2) is 50.2. The Hall–Kier alpha value is -1.77. The van der Waals surface area contributed by atoms with Crippen LogP contribution in [0.5, 0.6) is 0 Å². The van der Waals surface area contributed by atoms with Gasteiger partial charge in [0, 0.05) is 12.8 Å². The summed E-state index contributed by atoms with van der Waals surface area (Å²) in [7, 11) is 1.16. The number of ether oxygens (including phenoxy) is 2. The minimum absolute atomic E-state index is 0.0327. The summed E-state index contributed by atoms with van der Waals surface area (Å²) in [6.07, 6.45) is 60.6. The molecule has 0 aliphatic rings. The standard InChI is InChI=1S/C58H110NO8P/c1-6-8-10-12-14-16-18-20-22-23-24-25-26-27-28-29-30-31-32-33-34-35-37-38-40-42-44-46-48-50-57(60)64-54-56(55-66-68(62,63)65-53-52-59(3,4)5)67-58(61)51-49-47-45-43-41-39-36-21-19-17-15-13-11-9-7-2/h15,17,21,23-24,36,56H,6-14,16,18-20,22,25-35,37-55H2,1-5H3/b17-15-,24-23-,36-21-. The van der Waals surface area contributed by atoms with Crippen molar-refractivity contribution in [1.82, 2.24) is 0 Å². The first-order chi connectivity index (χ1) is 33.0. The van der Waals surface area contributed by atoms with E-state index in [1.807, 2.05) is 21.1 Å². The van der Waals surface area contributed by atoms with Crippen molar-refractivity contribution in [2.24, 2.45) is 0 Å². The van der Waals surface area contributed by atoms with Gasteiger partial charge in [-0.25, -0.2) is 0 Å². The molecule has 0 aromatic rings. The molecule has 400 valence electrons. The van der Waals surface area contributed by atoms with Crippen molar-refractivity contribution < 1.29 is 42.1 Å². The Morgan fingerprint density at radius 2 is 0.794 bits per heavy atom. The highest BCUT2D eigenvalue weighted by atomic mass is 31.2. The van der Waals surface area contributed by atoms with Crippen LogP contribution in [0.3, 0.4) is 0 Å². The summed E-state index contributed by atoms with van der Waals surface area (Å²) in [4.78, 5) is 37.8. The van der Waals surface area contributed by atoms with Crippen molar-refractivity contribution in [2.45, 2.75) is 277 Å². The number of carbonyl (C=O) groups is 2. The van der Waals surface area contributed by atoms with Gasteiger partial charge in [-0.1, -0.05) is 224 Å². The first-order valence-corrected chi connectivity index (χ1v) is 30.2. The smallest absolute Gasteiger partial charge is 0.306 e. The molecule has 2 atom stereocenters. The minimum Gasteiger partial charge on any atom is -0.756 e. The van der Waals surface area contributed by atoms with E-state index in [1.54, 1.807) is 0 Å². The molecule has 0 aliphatic heterocycles. The molecular weight excluding hydrogens is 870 g/mol. The largest absolute Gasteiger partial charge is 0.756 e. The number of phosphoric ester groups is 1. The van der Waals surface area contributed by atoms with E-state index in [4.69, 9.17) is 18.5 Å². The topological polar surface area (TPSA) is 111 Å². The van der Waals surface area contributed by atoms with Crippen LogP contribution in [-0.2, 0) is 32.7 Å². The summed E-state index contributed by atoms with van der Waals surface area (Å²) in [5, 5.41) is 0. The highest BCUT2D eigenvalue weighted by molar-refractivity contribution is 7.45. The number of quaternary nitrogens is 1. The Kier molecular flexibility index (Phi) is 48.9. The van der Waals surface area contributed by atoms with E-state index >= 15 is 0 Å². The van der Waals surface area contributed by atoms with Gasteiger partial charge in [-0.05, 0) is 70.6 Å². The van der Waals surface area contributed by atoms with Crippen molar-refractivity contribution in [2.75, 3.05) is 47.5 Å². The highest BCUT2D eigenvalue weighted by Gasteiger charge is 2.22. The molecule has 0 saturated heterocycles. The second-order valence-corrected chi connectivity index (χ2v) is 22.1. The lowest BCUT2D eigenvalue weighted by Crippen LogP contribution is -2.37. The summed E-state index contributed by atoms with van der Waals surface area (Å²) in [5.74, 6) is -0.840. The number of nitrogens with zero attached hydrogens (tertiary/aromatic N) is 1. The Bertz CT molecular complexity index is 1250. The normalized spacial score (nSPS) is 13.6. The fourth-order valence-electron chi connectivity index (χ4n) is 8.15. The van der Waals surface area contributed by atoms with Gasteiger partial charge in [-0.15, -0.1) is 0 Å². The van der Waals surface area contributed by atoms with E-state index in [1.165, 1.54) is 180 Å². The number of allylic oxidation sites excluding steroid dienone is 6. The third-order valence-corrected chi connectivity index (χ3v) is 13.6. The van der Waals surface area contributed by atoms with Crippen LogP contribution in [0.1, 0.15) is 271 Å². The maximum atomic E-state index is 12.7. The van der Waals surface area contributed by atoms with Gasteiger partial charge in [-0.2, -0.15) is 0 Å². The quantitative estimate of drug-likeness (QED) is 0.0195. The zero-order valence-electron chi connectivity index (χ0n) is 45.3. The van der Waals surface area contributed by atoms with Crippen molar-refractivity contribution in [3.8, 4) is 0 Å². The van der Waals surface area contributed by atoms with Gasteiger partial charge >= 0.3 is 11.9 Å². The summed E-state index contributed by atoms with van der Waals surface area (Å²) in [6, 6.07) is 0. The third kappa shape index (κ3) is 53.6. The van der Waals surface area contributed by atoms with Gasteiger partial charge in [0.2, 0.25) is 0 Å². The summed E-state index contributed by atoms with van der Waals surface area (Å²) in [5.41, 5.74) is 0. The number of carbonyl (C=O) groups excluding carboxylic acids is 2. The average molecular weight is 980 g/mol. The lowest BCUT2D eigenvalue weighted by molar-refractivity contribution is -0.870. The number of esters is 2. The number of hydrogen-bond donors (Lipinski definition) is 0. The van der Waals surface area contributed by atoms with Crippen LogP contribution in [-0.4, -0.2) is 70.0 Å². The van der Waals surface area contributed by atoms with E-state index in [0.29, 0.717) is 17.4 Å². The third-order valence-electron chi connectivity index (χ3n) is 12.6. The van der Waals surface area contributed by atoms with Gasteiger partial charge in [0.25, 0.3) is 7.82 Å². The van der Waals surface area contributed by atoms with Crippen molar-refractivity contribution in [3.63, 3.8) is 0 Å². The molecule has 10 heteroatoms. The summed E-state index contributed by atoms with van der Waals surface area (Å²) < 4.78 is 34.1. The molecular formula is C58H110NO8P. The Morgan fingerprint density at radius 1 is 0.456 bits per heavy atom. The van der Waals surface area contributed by atoms with Crippen LogP contribution in [0.4, 0.5) is 0 Å².